The van der Waals surface area contributed by atoms with Gasteiger partial charge in [-0.1, -0.05) is 39.0 Å². The number of benzene rings is 2. The highest BCUT2D eigenvalue weighted by Gasteiger charge is 2.24. The highest BCUT2D eigenvalue weighted by molar-refractivity contribution is 7.89. The van der Waals surface area contributed by atoms with Gasteiger partial charge in [0, 0.05) is 18.8 Å². The Morgan fingerprint density at radius 1 is 1.07 bits per heavy atom. The molecule has 0 atom stereocenters. The molecular formula is C21H28N2O4S. The molecule has 0 fully saturated rings. The molecular weight excluding hydrogens is 376 g/mol. The van der Waals surface area contributed by atoms with Crippen molar-refractivity contribution in [2.24, 2.45) is 0 Å². The van der Waals surface area contributed by atoms with Crippen molar-refractivity contribution in [3.05, 3.63) is 53.6 Å². The summed E-state index contributed by atoms with van der Waals surface area (Å²) < 4.78 is 32.6. The summed E-state index contributed by atoms with van der Waals surface area (Å²) in [5, 5.41) is 2.71. The molecule has 0 saturated heterocycles. The second-order valence-electron chi connectivity index (χ2n) is 6.41. The van der Waals surface area contributed by atoms with Crippen molar-refractivity contribution < 1.29 is 17.9 Å². The predicted molar refractivity (Wildman–Crippen MR) is 111 cm³/mol. The van der Waals surface area contributed by atoms with Crippen molar-refractivity contribution >= 4 is 21.6 Å². The average Bonchev–Trinajstić information content (AvgIpc) is 2.68. The van der Waals surface area contributed by atoms with Crippen LogP contribution in [0.3, 0.4) is 0 Å². The van der Waals surface area contributed by atoms with Gasteiger partial charge in [0.1, 0.15) is 5.75 Å². The Hall–Kier alpha value is -2.38. The topological polar surface area (TPSA) is 75.7 Å². The lowest BCUT2D eigenvalue weighted by atomic mass is 10.2. The van der Waals surface area contributed by atoms with E-state index in [9.17, 15) is 13.2 Å². The van der Waals surface area contributed by atoms with Crippen LogP contribution in [0.25, 0.3) is 0 Å². The predicted octanol–water partition coefficient (Wildman–Crippen LogP) is 3.61. The molecule has 7 heteroatoms. The third-order valence-electron chi connectivity index (χ3n) is 4.47. The van der Waals surface area contributed by atoms with Crippen molar-refractivity contribution in [1.29, 1.82) is 0 Å². The summed E-state index contributed by atoms with van der Waals surface area (Å²) in [6.07, 6.45) is 0.885. The molecule has 0 aliphatic rings. The molecule has 28 heavy (non-hydrogen) atoms. The molecule has 152 valence electrons. The van der Waals surface area contributed by atoms with Crippen LogP contribution in [0.4, 0.5) is 5.69 Å². The molecule has 0 aliphatic carbocycles. The molecule has 2 aromatic rings. The van der Waals surface area contributed by atoms with Crippen LogP contribution in [0.5, 0.6) is 5.75 Å². The van der Waals surface area contributed by atoms with Crippen molar-refractivity contribution in [2.45, 2.75) is 39.0 Å². The van der Waals surface area contributed by atoms with Gasteiger partial charge >= 0.3 is 0 Å². The fourth-order valence-corrected chi connectivity index (χ4v) is 4.57. The van der Waals surface area contributed by atoms with E-state index in [0.717, 1.165) is 12.0 Å². The minimum atomic E-state index is -3.60. The highest BCUT2D eigenvalue weighted by atomic mass is 32.2. The molecule has 6 nitrogen and oxygen atoms in total. The normalized spacial score (nSPS) is 11.5. The van der Waals surface area contributed by atoms with Gasteiger partial charge < -0.3 is 10.1 Å². The Morgan fingerprint density at radius 2 is 1.79 bits per heavy atom. The molecule has 1 amide bonds. The van der Waals surface area contributed by atoms with Gasteiger partial charge in [-0.25, -0.2) is 8.42 Å². The zero-order chi connectivity index (χ0) is 20.7. The first-order chi connectivity index (χ1) is 13.3. The first-order valence-corrected chi connectivity index (χ1v) is 10.9. The summed E-state index contributed by atoms with van der Waals surface area (Å²) in [5.41, 5.74) is 2.19. The SMILES string of the molecule is CCc1cccc(OCC(=O)Nc2ccc(C)c(S(=O)(=O)N(CC)CC)c2)c1. The molecule has 2 aromatic carbocycles. The van der Waals surface area contributed by atoms with Crippen LogP contribution in [-0.4, -0.2) is 38.3 Å². The van der Waals surface area contributed by atoms with Gasteiger partial charge in [0.05, 0.1) is 4.90 Å². The third kappa shape index (κ3) is 5.33. The quantitative estimate of drug-likeness (QED) is 0.693. The van der Waals surface area contributed by atoms with E-state index >= 15 is 0 Å². The van der Waals surface area contributed by atoms with Gasteiger partial charge in [0.15, 0.2) is 6.61 Å². The number of ether oxygens (including phenoxy) is 1. The fourth-order valence-electron chi connectivity index (χ4n) is 2.86. The minimum absolute atomic E-state index is 0.154. The van der Waals surface area contributed by atoms with E-state index in [-0.39, 0.29) is 17.4 Å². The monoisotopic (exact) mass is 404 g/mol. The second kappa shape index (κ2) is 9.71. The highest BCUT2D eigenvalue weighted by Crippen LogP contribution is 2.23. The van der Waals surface area contributed by atoms with Gasteiger partial charge in [-0.05, 0) is 48.7 Å². The minimum Gasteiger partial charge on any atom is -0.484 e. The van der Waals surface area contributed by atoms with E-state index < -0.39 is 10.0 Å². The number of hydrogen-bond acceptors (Lipinski definition) is 4. The van der Waals surface area contributed by atoms with Crippen LogP contribution in [0.1, 0.15) is 31.9 Å². The Kier molecular flexibility index (Phi) is 7.60. The second-order valence-corrected chi connectivity index (χ2v) is 8.31. The summed E-state index contributed by atoms with van der Waals surface area (Å²) in [6, 6.07) is 12.5. The van der Waals surface area contributed by atoms with Crippen molar-refractivity contribution in [2.75, 3.05) is 25.0 Å². The maximum atomic E-state index is 12.8. The molecule has 0 unspecified atom stereocenters. The van der Waals surface area contributed by atoms with Gasteiger partial charge in [0.2, 0.25) is 10.0 Å². The van der Waals surface area contributed by atoms with E-state index in [2.05, 4.69) is 5.32 Å². The summed E-state index contributed by atoms with van der Waals surface area (Å²) in [7, 11) is -3.60. The van der Waals surface area contributed by atoms with Crippen LogP contribution in [0.2, 0.25) is 0 Å². The standard InChI is InChI=1S/C21H28N2O4S/c1-5-17-9-8-10-19(13-17)27-15-21(24)22-18-12-11-16(4)20(14-18)28(25,26)23(6-2)7-3/h8-14H,5-7,15H2,1-4H3,(H,22,24). The van der Waals surface area contributed by atoms with E-state index in [0.29, 0.717) is 30.1 Å². The number of anilines is 1. The van der Waals surface area contributed by atoms with Gasteiger partial charge in [-0.15, -0.1) is 0 Å². The first kappa shape index (κ1) is 21.9. The lowest BCUT2D eigenvalue weighted by molar-refractivity contribution is -0.118. The summed E-state index contributed by atoms with van der Waals surface area (Å²) in [5.74, 6) is 0.278. The molecule has 0 heterocycles. The van der Waals surface area contributed by atoms with E-state index in [1.165, 1.54) is 10.4 Å². The Morgan fingerprint density at radius 3 is 2.43 bits per heavy atom. The molecule has 0 aliphatic heterocycles. The first-order valence-electron chi connectivity index (χ1n) is 9.44. The van der Waals surface area contributed by atoms with Crippen molar-refractivity contribution in [1.82, 2.24) is 4.31 Å². The lowest BCUT2D eigenvalue weighted by Gasteiger charge is -2.20. The Balaban J connectivity index is 2.11. The molecule has 1 N–H and O–H groups in total. The van der Waals surface area contributed by atoms with E-state index in [4.69, 9.17) is 4.74 Å². The maximum absolute atomic E-state index is 12.8. The number of sulfonamides is 1. The third-order valence-corrected chi connectivity index (χ3v) is 6.66. The number of hydrogen-bond donors (Lipinski definition) is 1. The Bertz CT molecular complexity index is 922. The van der Waals surface area contributed by atoms with Gasteiger partial charge in [-0.3, -0.25) is 4.79 Å². The van der Waals surface area contributed by atoms with Gasteiger partial charge in [0.25, 0.3) is 5.91 Å². The molecule has 0 bridgehead atoms. The fraction of sp³-hybridized carbons (Fsp3) is 0.381. The zero-order valence-electron chi connectivity index (χ0n) is 16.9. The number of carbonyl (C=O) groups is 1. The van der Waals surface area contributed by atoms with Crippen LogP contribution in [0, 0.1) is 6.92 Å². The van der Waals surface area contributed by atoms with Crippen LogP contribution in [-0.2, 0) is 21.2 Å². The summed E-state index contributed by atoms with van der Waals surface area (Å²) >= 11 is 0. The number of carbonyl (C=O) groups excluding carboxylic acids is 1. The lowest BCUT2D eigenvalue weighted by Crippen LogP contribution is -2.31. The van der Waals surface area contributed by atoms with E-state index in [1.54, 1.807) is 39.0 Å². The molecule has 0 spiro atoms. The number of nitrogens with one attached hydrogen (secondary N) is 1. The summed E-state index contributed by atoms with van der Waals surface area (Å²) in [6.45, 7) is 8.01. The molecule has 0 radical (unpaired) electrons. The number of amides is 1. The Labute approximate surface area is 167 Å². The van der Waals surface area contributed by atoms with E-state index in [1.807, 2.05) is 25.1 Å². The van der Waals surface area contributed by atoms with Crippen LogP contribution in [0.15, 0.2) is 47.4 Å². The van der Waals surface area contributed by atoms with Crippen molar-refractivity contribution in [3.8, 4) is 5.75 Å². The number of rotatable bonds is 9. The number of nitrogens with zero attached hydrogens (tertiary/aromatic N) is 1. The van der Waals surface area contributed by atoms with Crippen LogP contribution < -0.4 is 10.1 Å². The average molecular weight is 405 g/mol. The molecule has 2 rings (SSSR count). The van der Waals surface area contributed by atoms with Crippen molar-refractivity contribution in [3.63, 3.8) is 0 Å². The number of aryl methyl sites for hydroxylation is 2. The van der Waals surface area contributed by atoms with Crippen LogP contribution >= 0.6 is 0 Å². The maximum Gasteiger partial charge on any atom is 0.262 e. The molecule has 0 saturated carbocycles. The molecule has 0 aromatic heterocycles. The zero-order valence-corrected chi connectivity index (χ0v) is 17.7. The summed E-state index contributed by atoms with van der Waals surface area (Å²) in [4.78, 5) is 12.4. The largest absolute Gasteiger partial charge is 0.484 e. The smallest absolute Gasteiger partial charge is 0.262 e. The van der Waals surface area contributed by atoms with Gasteiger partial charge in [-0.2, -0.15) is 4.31 Å².